The Morgan fingerprint density at radius 1 is 1.22 bits per heavy atom. The van der Waals surface area contributed by atoms with Crippen LogP contribution in [0.5, 0.6) is 0 Å². The molecule has 3 rings (SSSR count). The van der Waals surface area contributed by atoms with Gasteiger partial charge in [-0.25, -0.2) is 9.67 Å². The number of carbonyl (C=O) groups excluding carboxylic acids is 1. The molecule has 1 aliphatic rings. The highest BCUT2D eigenvalue weighted by Crippen LogP contribution is 2.28. The van der Waals surface area contributed by atoms with Crippen LogP contribution in [0, 0.1) is 6.92 Å². The number of carbonyl (C=O) groups is 1. The minimum Gasteiger partial charge on any atom is -0.341 e. The molecule has 2 aromatic heterocycles. The summed E-state index contributed by atoms with van der Waals surface area (Å²) in [5, 5.41) is 4.12. The second-order valence-electron chi connectivity index (χ2n) is 6.55. The van der Waals surface area contributed by atoms with Crippen molar-refractivity contribution in [3.05, 3.63) is 36.4 Å². The van der Waals surface area contributed by atoms with Crippen LogP contribution in [-0.4, -0.2) is 48.6 Å². The highest BCUT2D eigenvalue weighted by atomic mass is 16.2. The SMILES string of the molecule is Cc1cncc(C2CCN(C(=O)C(C)(C)n3cncn3)CC2)n1. The Morgan fingerprint density at radius 2 is 1.96 bits per heavy atom. The van der Waals surface area contributed by atoms with Crippen LogP contribution >= 0.6 is 0 Å². The standard InChI is InChI=1S/C16H22N6O/c1-12-8-17-9-14(20-12)13-4-6-21(7-5-13)15(23)16(2,3)22-11-18-10-19-22/h8-11,13H,4-7H2,1-3H3. The molecule has 0 saturated carbocycles. The van der Waals surface area contributed by atoms with E-state index in [-0.39, 0.29) is 5.91 Å². The maximum atomic E-state index is 12.8. The molecule has 0 spiro atoms. The first-order valence-electron chi connectivity index (χ1n) is 7.91. The molecule has 3 heterocycles. The number of aryl methyl sites for hydroxylation is 1. The van der Waals surface area contributed by atoms with Crippen molar-refractivity contribution < 1.29 is 4.79 Å². The third kappa shape index (κ3) is 3.09. The van der Waals surface area contributed by atoms with Crippen LogP contribution in [0.25, 0.3) is 0 Å². The number of nitrogens with zero attached hydrogens (tertiary/aromatic N) is 6. The second kappa shape index (κ2) is 6.06. The highest BCUT2D eigenvalue weighted by molar-refractivity contribution is 5.83. The largest absolute Gasteiger partial charge is 0.341 e. The molecule has 0 atom stereocenters. The molecule has 1 amide bonds. The lowest BCUT2D eigenvalue weighted by atomic mass is 9.92. The predicted molar refractivity (Wildman–Crippen MR) is 84.7 cm³/mol. The van der Waals surface area contributed by atoms with Gasteiger partial charge in [0, 0.05) is 31.4 Å². The lowest BCUT2D eigenvalue weighted by Crippen LogP contribution is -2.49. The van der Waals surface area contributed by atoms with Crippen LogP contribution in [0.3, 0.4) is 0 Å². The maximum absolute atomic E-state index is 12.8. The molecule has 0 aromatic carbocycles. The highest BCUT2D eigenvalue weighted by Gasteiger charge is 2.36. The molecule has 0 radical (unpaired) electrons. The lowest BCUT2D eigenvalue weighted by Gasteiger charge is -2.36. The van der Waals surface area contributed by atoms with E-state index in [9.17, 15) is 4.79 Å². The second-order valence-corrected chi connectivity index (χ2v) is 6.55. The number of aromatic nitrogens is 5. The molecule has 23 heavy (non-hydrogen) atoms. The third-order valence-corrected chi connectivity index (χ3v) is 4.49. The van der Waals surface area contributed by atoms with Crippen molar-refractivity contribution in [2.24, 2.45) is 0 Å². The van der Waals surface area contributed by atoms with E-state index in [1.165, 1.54) is 6.33 Å². The fourth-order valence-electron chi connectivity index (χ4n) is 3.04. The molecule has 0 unspecified atom stereocenters. The summed E-state index contributed by atoms with van der Waals surface area (Å²) in [6.07, 6.45) is 8.48. The maximum Gasteiger partial charge on any atom is 0.250 e. The summed E-state index contributed by atoms with van der Waals surface area (Å²) < 4.78 is 1.62. The zero-order chi connectivity index (χ0) is 16.4. The monoisotopic (exact) mass is 314 g/mol. The average molecular weight is 314 g/mol. The Kier molecular flexibility index (Phi) is 4.11. The summed E-state index contributed by atoms with van der Waals surface area (Å²) in [7, 11) is 0. The zero-order valence-electron chi connectivity index (χ0n) is 13.8. The molecule has 122 valence electrons. The molecule has 0 aliphatic carbocycles. The van der Waals surface area contributed by atoms with Crippen molar-refractivity contribution in [2.75, 3.05) is 13.1 Å². The molecule has 0 N–H and O–H groups in total. The van der Waals surface area contributed by atoms with E-state index < -0.39 is 5.54 Å². The number of hydrogen-bond acceptors (Lipinski definition) is 5. The molecule has 1 saturated heterocycles. The Morgan fingerprint density at radius 3 is 2.57 bits per heavy atom. The predicted octanol–water partition coefficient (Wildman–Crippen LogP) is 1.52. The van der Waals surface area contributed by atoms with Gasteiger partial charge in [-0.15, -0.1) is 0 Å². The summed E-state index contributed by atoms with van der Waals surface area (Å²) in [5.74, 6) is 0.456. The smallest absolute Gasteiger partial charge is 0.250 e. The summed E-state index contributed by atoms with van der Waals surface area (Å²) in [6.45, 7) is 7.18. The fraction of sp³-hybridized carbons (Fsp3) is 0.562. The summed E-state index contributed by atoms with van der Waals surface area (Å²) >= 11 is 0. The van der Waals surface area contributed by atoms with Gasteiger partial charge < -0.3 is 4.90 Å². The van der Waals surface area contributed by atoms with Crippen LogP contribution in [-0.2, 0) is 10.3 Å². The van der Waals surface area contributed by atoms with Gasteiger partial charge in [-0.05, 0) is 33.6 Å². The molecular weight excluding hydrogens is 292 g/mol. The first-order chi connectivity index (χ1) is 11.0. The van der Waals surface area contributed by atoms with Crippen LogP contribution in [0.15, 0.2) is 25.0 Å². The van der Waals surface area contributed by atoms with Gasteiger partial charge in [0.1, 0.15) is 18.2 Å². The molecule has 2 aromatic rings. The molecule has 7 nitrogen and oxygen atoms in total. The quantitative estimate of drug-likeness (QED) is 0.858. The summed E-state index contributed by atoms with van der Waals surface area (Å²) in [4.78, 5) is 27.5. The lowest BCUT2D eigenvalue weighted by molar-refractivity contribution is -0.140. The number of piperidine rings is 1. The minimum absolute atomic E-state index is 0.0803. The van der Waals surface area contributed by atoms with Crippen molar-refractivity contribution in [3.63, 3.8) is 0 Å². The van der Waals surface area contributed by atoms with Gasteiger partial charge in [-0.1, -0.05) is 0 Å². The molecule has 1 aliphatic heterocycles. The van der Waals surface area contributed by atoms with Crippen LogP contribution in [0.2, 0.25) is 0 Å². The normalized spacial score (nSPS) is 16.6. The van der Waals surface area contributed by atoms with E-state index in [0.29, 0.717) is 5.92 Å². The first-order valence-corrected chi connectivity index (χ1v) is 7.91. The van der Waals surface area contributed by atoms with Crippen molar-refractivity contribution in [2.45, 2.75) is 45.1 Å². The van der Waals surface area contributed by atoms with E-state index in [2.05, 4.69) is 20.1 Å². The Labute approximate surface area is 135 Å². The van der Waals surface area contributed by atoms with E-state index >= 15 is 0 Å². The summed E-state index contributed by atoms with van der Waals surface area (Å²) in [5.41, 5.74) is 1.26. The van der Waals surface area contributed by atoms with Crippen LogP contribution in [0.1, 0.15) is 44.0 Å². The number of likely N-dealkylation sites (tertiary alicyclic amines) is 1. The number of rotatable bonds is 3. The fourth-order valence-corrected chi connectivity index (χ4v) is 3.04. The molecule has 0 bridgehead atoms. The van der Waals surface area contributed by atoms with E-state index in [1.54, 1.807) is 17.2 Å². The average Bonchev–Trinajstić information content (AvgIpc) is 3.09. The van der Waals surface area contributed by atoms with Crippen molar-refractivity contribution in [3.8, 4) is 0 Å². The topological polar surface area (TPSA) is 76.8 Å². The zero-order valence-corrected chi connectivity index (χ0v) is 13.8. The molecule has 7 heteroatoms. The van der Waals surface area contributed by atoms with Crippen molar-refractivity contribution >= 4 is 5.91 Å². The minimum atomic E-state index is -0.716. The van der Waals surface area contributed by atoms with E-state index in [4.69, 9.17) is 0 Å². The summed E-state index contributed by atoms with van der Waals surface area (Å²) in [6, 6.07) is 0. The van der Waals surface area contributed by atoms with Gasteiger partial charge in [0.05, 0.1) is 11.4 Å². The van der Waals surface area contributed by atoms with Gasteiger partial charge in [0.25, 0.3) is 0 Å². The van der Waals surface area contributed by atoms with E-state index in [0.717, 1.165) is 37.3 Å². The van der Waals surface area contributed by atoms with Gasteiger partial charge in [-0.2, -0.15) is 5.10 Å². The van der Waals surface area contributed by atoms with Crippen molar-refractivity contribution in [1.82, 2.24) is 29.6 Å². The Balaban J connectivity index is 1.66. The first kappa shape index (κ1) is 15.6. The molecular formula is C16H22N6O. The van der Waals surface area contributed by atoms with E-state index in [1.807, 2.05) is 31.9 Å². The van der Waals surface area contributed by atoms with Crippen LogP contribution in [0.4, 0.5) is 0 Å². The van der Waals surface area contributed by atoms with Gasteiger partial charge in [0.2, 0.25) is 5.91 Å². The van der Waals surface area contributed by atoms with Gasteiger partial charge in [0.15, 0.2) is 0 Å². The Hall–Kier alpha value is -2.31. The Bertz CT molecular complexity index is 674. The molecule has 1 fully saturated rings. The van der Waals surface area contributed by atoms with Crippen molar-refractivity contribution in [1.29, 1.82) is 0 Å². The number of amides is 1. The third-order valence-electron chi connectivity index (χ3n) is 4.49. The van der Waals surface area contributed by atoms with Gasteiger partial charge >= 0.3 is 0 Å². The van der Waals surface area contributed by atoms with Crippen LogP contribution < -0.4 is 0 Å². The number of hydrogen-bond donors (Lipinski definition) is 0. The van der Waals surface area contributed by atoms with Gasteiger partial charge in [-0.3, -0.25) is 14.8 Å².